The zero-order chi connectivity index (χ0) is 18.6. The second-order valence-corrected chi connectivity index (χ2v) is 6.19. The van der Waals surface area contributed by atoms with Crippen LogP contribution in [0.1, 0.15) is 18.5 Å². The van der Waals surface area contributed by atoms with E-state index in [2.05, 4.69) is 32.1 Å². The molecule has 0 bridgehead atoms. The van der Waals surface area contributed by atoms with Crippen LogP contribution in [0.3, 0.4) is 0 Å². The van der Waals surface area contributed by atoms with Gasteiger partial charge in [-0.15, -0.1) is 0 Å². The molecule has 0 aromatic carbocycles. The number of aromatic nitrogens is 2. The van der Waals surface area contributed by atoms with Crippen molar-refractivity contribution in [3.8, 4) is 0 Å². The van der Waals surface area contributed by atoms with E-state index in [1.807, 2.05) is 0 Å². The van der Waals surface area contributed by atoms with E-state index in [4.69, 9.17) is 0 Å². The molecule has 1 saturated heterocycles. The molecule has 1 fully saturated rings. The van der Waals surface area contributed by atoms with Crippen molar-refractivity contribution in [1.29, 1.82) is 0 Å². The number of piperidine rings is 1. The van der Waals surface area contributed by atoms with Crippen molar-refractivity contribution in [2.75, 3.05) is 30.3 Å². The highest BCUT2D eigenvalue weighted by Gasteiger charge is 2.32. The lowest BCUT2D eigenvalue weighted by Crippen LogP contribution is -2.43. The fourth-order valence-corrected chi connectivity index (χ4v) is 2.66. The minimum absolute atomic E-state index is 0.151. The number of halogens is 4. The molecule has 0 amide bonds. The maximum atomic E-state index is 14.6. The number of rotatable bonds is 5. The van der Waals surface area contributed by atoms with Crippen LogP contribution in [0.25, 0.3) is 0 Å². The van der Waals surface area contributed by atoms with Crippen molar-refractivity contribution in [2.24, 2.45) is 0 Å². The summed E-state index contributed by atoms with van der Waals surface area (Å²) in [6, 6.07) is 3.84. The van der Waals surface area contributed by atoms with Crippen molar-refractivity contribution in [2.45, 2.75) is 24.7 Å². The van der Waals surface area contributed by atoms with Crippen LogP contribution in [0, 0.1) is 6.20 Å². The van der Waals surface area contributed by atoms with Gasteiger partial charge in [0, 0.05) is 12.6 Å². The highest BCUT2D eigenvalue weighted by molar-refractivity contribution is 5.61. The minimum Gasteiger partial charge on any atom is -0.370 e. The summed E-state index contributed by atoms with van der Waals surface area (Å²) in [5.74, 6) is 0. The maximum Gasteiger partial charge on any atom is 0.433 e. The highest BCUT2D eigenvalue weighted by atomic mass is 19.4. The second kappa shape index (κ2) is 7.33. The predicted octanol–water partition coefficient (Wildman–Crippen LogP) is 2.75. The van der Waals surface area contributed by atoms with Crippen molar-refractivity contribution >= 4 is 17.1 Å². The van der Waals surface area contributed by atoms with Crippen LogP contribution < -0.4 is 20.9 Å². The van der Waals surface area contributed by atoms with Gasteiger partial charge >= 0.3 is 18.6 Å². The molecule has 2 aromatic rings. The maximum absolute atomic E-state index is 14.6. The van der Waals surface area contributed by atoms with E-state index in [1.165, 1.54) is 12.3 Å². The number of alkyl halides is 4. The summed E-state index contributed by atoms with van der Waals surface area (Å²) in [7, 11) is 0. The molecule has 9 heteroatoms. The Morgan fingerprint density at radius 1 is 1.23 bits per heavy atom. The fraction of sp³-hybridized carbons (Fsp3) is 0.412. The van der Waals surface area contributed by atoms with Crippen molar-refractivity contribution in [3.63, 3.8) is 0 Å². The topological polar surface area (TPSA) is 63.1 Å². The molecular weight excluding hydrogens is 350 g/mol. The Hall–Kier alpha value is -2.60. The first-order valence-electron chi connectivity index (χ1n) is 8.16. The fourth-order valence-electron chi connectivity index (χ4n) is 2.66. The molecular formula is C17H18F4N5+. The average Bonchev–Trinajstić information content (AvgIpc) is 2.61. The van der Waals surface area contributed by atoms with Crippen LogP contribution in [0.2, 0.25) is 0 Å². The van der Waals surface area contributed by atoms with Gasteiger partial charge in [-0.3, -0.25) is 0 Å². The van der Waals surface area contributed by atoms with Gasteiger partial charge in [0.1, 0.15) is 17.1 Å². The van der Waals surface area contributed by atoms with Gasteiger partial charge in [0.15, 0.2) is 5.69 Å². The van der Waals surface area contributed by atoms with Gasteiger partial charge in [0.05, 0.1) is 11.9 Å². The summed E-state index contributed by atoms with van der Waals surface area (Å²) in [5, 5.41) is 9.01. The van der Waals surface area contributed by atoms with E-state index < -0.39 is 17.5 Å². The largest absolute Gasteiger partial charge is 0.433 e. The first-order valence-corrected chi connectivity index (χ1v) is 8.16. The molecule has 0 radical (unpaired) electrons. The first kappa shape index (κ1) is 18.2. The summed E-state index contributed by atoms with van der Waals surface area (Å²) < 4.78 is 52.2. The SMILES string of the molecule is FC1(CNc2c#[n+]cc(Nc3ccc(C(F)(F)F)nc3)c2)CCNCC1. The van der Waals surface area contributed by atoms with Gasteiger partial charge in [-0.1, -0.05) is 0 Å². The molecule has 0 unspecified atom stereocenters. The number of nitrogens with one attached hydrogen (secondary N) is 3. The molecule has 3 N–H and O–H groups in total. The molecule has 3 heterocycles. The third-order valence-corrected chi connectivity index (χ3v) is 4.13. The van der Waals surface area contributed by atoms with Crippen LogP contribution in [0.4, 0.5) is 34.6 Å². The van der Waals surface area contributed by atoms with Gasteiger partial charge < -0.3 is 16.0 Å². The van der Waals surface area contributed by atoms with E-state index in [9.17, 15) is 17.6 Å². The summed E-state index contributed by atoms with van der Waals surface area (Å²) >= 11 is 0. The molecule has 1 aliphatic rings. The smallest absolute Gasteiger partial charge is 0.370 e. The Morgan fingerprint density at radius 2 is 2.00 bits per heavy atom. The van der Waals surface area contributed by atoms with Gasteiger partial charge in [0.25, 0.3) is 0 Å². The Balaban J connectivity index is 1.62. The molecule has 2 aromatic heterocycles. The summed E-state index contributed by atoms with van der Waals surface area (Å²) in [6.45, 7) is 1.43. The monoisotopic (exact) mass is 368 g/mol. The third kappa shape index (κ3) is 4.73. The first-order chi connectivity index (χ1) is 12.3. The van der Waals surface area contributed by atoms with Crippen LogP contribution in [0.5, 0.6) is 0 Å². The molecule has 0 aliphatic carbocycles. The number of hydrogen-bond acceptors (Lipinski definition) is 4. The van der Waals surface area contributed by atoms with Crippen LogP contribution in [0.15, 0.2) is 30.6 Å². The van der Waals surface area contributed by atoms with E-state index in [1.54, 1.807) is 6.07 Å². The normalized spacial score (nSPS) is 16.6. The summed E-state index contributed by atoms with van der Waals surface area (Å²) in [4.78, 5) is 7.33. The lowest BCUT2D eigenvalue weighted by molar-refractivity contribution is -0.292. The molecule has 0 spiro atoms. The lowest BCUT2D eigenvalue weighted by atomic mass is 9.94. The second-order valence-electron chi connectivity index (χ2n) is 6.19. The highest BCUT2D eigenvalue weighted by Crippen LogP contribution is 2.28. The van der Waals surface area contributed by atoms with Gasteiger partial charge in [-0.2, -0.15) is 13.2 Å². The van der Waals surface area contributed by atoms with E-state index in [0.717, 1.165) is 12.3 Å². The molecule has 5 nitrogen and oxygen atoms in total. The zero-order valence-corrected chi connectivity index (χ0v) is 13.8. The molecule has 3 rings (SSSR count). The van der Waals surface area contributed by atoms with E-state index >= 15 is 0 Å². The summed E-state index contributed by atoms with van der Waals surface area (Å²) in [6.07, 6.45) is 1.69. The van der Waals surface area contributed by atoms with Crippen LogP contribution >= 0.6 is 0 Å². The van der Waals surface area contributed by atoms with Crippen LogP contribution in [-0.4, -0.2) is 30.3 Å². The quantitative estimate of drug-likeness (QED) is 0.709. The number of nitrogens with zero attached hydrogens (tertiary/aromatic N) is 2. The average molecular weight is 368 g/mol. The Morgan fingerprint density at radius 3 is 2.65 bits per heavy atom. The number of pyridine rings is 1. The van der Waals surface area contributed by atoms with E-state index in [0.29, 0.717) is 43.0 Å². The van der Waals surface area contributed by atoms with Crippen molar-refractivity contribution in [1.82, 2.24) is 10.3 Å². The molecule has 1 aliphatic heterocycles. The van der Waals surface area contributed by atoms with Gasteiger partial charge in [-0.05, 0) is 43.0 Å². The lowest BCUT2D eigenvalue weighted by Gasteiger charge is -2.29. The van der Waals surface area contributed by atoms with Crippen LogP contribution in [-0.2, 0) is 6.18 Å². The minimum atomic E-state index is -4.48. The number of hydrogen-bond donors (Lipinski definition) is 3. The molecule has 0 atom stereocenters. The third-order valence-electron chi connectivity index (χ3n) is 4.13. The Kier molecular flexibility index (Phi) is 5.13. The van der Waals surface area contributed by atoms with Gasteiger partial charge in [-0.25, -0.2) is 9.37 Å². The molecule has 0 saturated carbocycles. The Bertz CT molecular complexity index is 727. The Labute approximate surface area is 148 Å². The zero-order valence-electron chi connectivity index (χ0n) is 13.8. The van der Waals surface area contributed by atoms with Crippen molar-refractivity contribution in [3.05, 3.63) is 42.5 Å². The molecule has 138 valence electrons. The van der Waals surface area contributed by atoms with Gasteiger partial charge in [0.2, 0.25) is 0 Å². The van der Waals surface area contributed by atoms with Crippen molar-refractivity contribution < 1.29 is 22.5 Å². The molecule has 26 heavy (non-hydrogen) atoms. The standard InChI is InChI=1S/C17H18F4N5/c18-16(3-5-22-6-4-16)11-25-13-7-14(9-23-8-13)26-12-1-2-15(24-10-12)17(19,20)21/h1-2,7,9-10,22,25-26H,3-6,11H2/q+1. The number of anilines is 3. The van der Waals surface area contributed by atoms with E-state index in [-0.39, 0.29) is 6.54 Å². The predicted molar refractivity (Wildman–Crippen MR) is 87.8 cm³/mol. The summed E-state index contributed by atoms with van der Waals surface area (Å²) in [5.41, 5.74) is -0.811.